The number of nitrogens with one attached hydrogen (secondary N) is 1. The van der Waals surface area contributed by atoms with Crippen LogP contribution in [0, 0.1) is 0 Å². The molecule has 2 aliphatic rings. The second-order valence-electron chi connectivity index (χ2n) is 7.73. The van der Waals surface area contributed by atoms with Gasteiger partial charge in [0.15, 0.2) is 0 Å². The standard InChI is InChI=1S/C21H27F3N2O3/c22-21(23,24)16-8-6-15(7-9-16)20(28)25-14-19(27)26-12-10-18(11-13-26)29-17-4-2-1-3-5-17/h6-9,17-18H,1-5,10-14H2,(H,25,28). The summed E-state index contributed by atoms with van der Waals surface area (Å²) < 4.78 is 43.9. The second-order valence-corrected chi connectivity index (χ2v) is 7.73. The highest BCUT2D eigenvalue weighted by molar-refractivity contribution is 5.96. The molecule has 2 fully saturated rings. The van der Waals surface area contributed by atoms with E-state index in [2.05, 4.69) is 5.32 Å². The lowest BCUT2D eigenvalue weighted by Gasteiger charge is -2.35. The Hall–Kier alpha value is -2.09. The molecule has 0 atom stereocenters. The summed E-state index contributed by atoms with van der Waals surface area (Å²) in [5.74, 6) is -0.760. The van der Waals surface area contributed by atoms with Gasteiger partial charge in [-0.05, 0) is 49.9 Å². The molecule has 0 radical (unpaired) electrons. The lowest BCUT2D eigenvalue weighted by atomic mass is 9.97. The Bertz CT molecular complexity index is 692. The summed E-state index contributed by atoms with van der Waals surface area (Å²) in [6.45, 7) is 1.01. The number of carbonyl (C=O) groups is 2. The molecule has 0 aromatic heterocycles. The first-order chi connectivity index (χ1) is 13.8. The minimum atomic E-state index is -4.45. The number of piperidine rings is 1. The number of rotatable bonds is 5. The molecule has 1 aromatic carbocycles. The lowest BCUT2D eigenvalue weighted by Crippen LogP contribution is -2.46. The average Bonchev–Trinajstić information content (AvgIpc) is 2.72. The SMILES string of the molecule is O=C(NCC(=O)N1CCC(OC2CCCCC2)CC1)c1ccc(C(F)(F)F)cc1. The second kappa shape index (κ2) is 9.61. The molecule has 2 amide bonds. The summed E-state index contributed by atoms with van der Waals surface area (Å²) in [5.41, 5.74) is -0.728. The zero-order valence-electron chi connectivity index (χ0n) is 16.3. The normalized spacial score (nSPS) is 19.2. The van der Waals surface area contributed by atoms with Gasteiger partial charge >= 0.3 is 6.18 Å². The van der Waals surface area contributed by atoms with Gasteiger partial charge in [-0.3, -0.25) is 9.59 Å². The minimum absolute atomic E-state index is 0.0883. The van der Waals surface area contributed by atoms with Crippen molar-refractivity contribution in [3.8, 4) is 0 Å². The number of alkyl halides is 3. The van der Waals surface area contributed by atoms with Crippen molar-refractivity contribution in [1.82, 2.24) is 10.2 Å². The first-order valence-electron chi connectivity index (χ1n) is 10.2. The fraction of sp³-hybridized carbons (Fsp3) is 0.619. The summed E-state index contributed by atoms with van der Waals surface area (Å²) in [4.78, 5) is 26.1. The van der Waals surface area contributed by atoms with E-state index < -0.39 is 17.6 Å². The predicted molar refractivity (Wildman–Crippen MR) is 101 cm³/mol. The first-order valence-corrected chi connectivity index (χ1v) is 10.2. The van der Waals surface area contributed by atoms with Crippen LogP contribution in [0.15, 0.2) is 24.3 Å². The maximum atomic E-state index is 12.6. The van der Waals surface area contributed by atoms with Gasteiger partial charge < -0.3 is 15.0 Å². The maximum absolute atomic E-state index is 12.6. The number of nitrogens with zero attached hydrogens (tertiary/aromatic N) is 1. The van der Waals surface area contributed by atoms with Crippen molar-refractivity contribution in [3.63, 3.8) is 0 Å². The summed E-state index contributed by atoms with van der Waals surface area (Å²) in [7, 11) is 0. The molecule has 5 nitrogen and oxygen atoms in total. The Morgan fingerprint density at radius 2 is 1.55 bits per heavy atom. The molecule has 1 aromatic rings. The lowest BCUT2D eigenvalue weighted by molar-refractivity contribution is -0.137. The highest BCUT2D eigenvalue weighted by atomic mass is 19.4. The van der Waals surface area contributed by atoms with Crippen LogP contribution in [0.25, 0.3) is 0 Å². The van der Waals surface area contributed by atoms with Crippen LogP contribution in [0.2, 0.25) is 0 Å². The Balaban J connectivity index is 1.40. The van der Waals surface area contributed by atoms with Gasteiger partial charge in [0.1, 0.15) is 0 Å². The quantitative estimate of drug-likeness (QED) is 0.801. The van der Waals surface area contributed by atoms with Gasteiger partial charge in [0, 0.05) is 18.7 Å². The molecular weight excluding hydrogens is 385 g/mol. The molecule has 1 heterocycles. The topological polar surface area (TPSA) is 58.6 Å². The van der Waals surface area contributed by atoms with Crippen LogP contribution >= 0.6 is 0 Å². The smallest absolute Gasteiger partial charge is 0.375 e. The van der Waals surface area contributed by atoms with Crippen molar-refractivity contribution in [2.75, 3.05) is 19.6 Å². The van der Waals surface area contributed by atoms with E-state index in [1.165, 1.54) is 19.3 Å². The molecule has 29 heavy (non-hydrogen) atoms. The highest BCUT2D eigenvalue weighted by Gasteiger charge is 2.30. The molecule has 0 unspecified atom stereocenters. The van der Waals surface area contributed by atoms with E-state index in [0.717, 1.165) is 49.9 Å². The van der Waals surface area contributed by atoms with E-state index in [-0.39, 0.29) is 24.1 Å². The van der Waals surface area contributed by atoms with Crippen LogP contribution in [0.5, 0.6) is 0 Å². The van der Waals surface area contributed by atoms with E-state index in [0.29, 0.717) is 19.2 Å². The number of likely N-dealkylation sites (tertiary alicyclic amines) is 1. The number of carbonyl (C=O) groups excluding carboxylic acids is 2. The number of amides is 2. The number of benzene rings is 1. The molecule has 1 saturated heterocycles. The van der Waals surface area contributed by atoms with E-state index in [1.807, 2.05) is 0 Å². The molecule has 1 aliphatic carbocycles. The van der Waals surface area contributed by atoms with E-state index >= 15 is 0 Å². The molecule has 1 aliphatic heterocycles. The number of halogens is 3. The van der Waals surface area contributed by atoms with Gasteiger partial charge in [0.05, 0.1) is 24.3 Å². The molecule has 0 spiro atoms. The fourth-order valence-electron chi connectivity index (χ4n) is 3.90. The Morgan fingerprint density at radius 1 is 0.966 bits per heavy atom. The van der Waals surface area contributed by atoms with Crippen molar-refractivity contribution in [2.24, 2.45) is 0 Å². The molecule has 1 saturated carbocycles. The van der Waals surface area contributed by atoms with Crippen molar-refractivity contribution in [2.45, 2.75) is 63.3 Å². The van der Waals surface area contributed by atoms with Crippen molar-refractivity contribution >= 4 is 11.8 Å². The molecular formula is C21H27F3N2O3. The first kappa shape index (κ1) is 21.6. The van der Waals surface area contributed by atoms with Crippen LogP contribution in [0.1, 0.15) is 60.9 Å². The van der Waals surface area contributed by atoms with Gasteiger partial charge in [-0.15, -0.1) is 0 Å². The van der Waals surface area contributed by atoms with Crippen LogP contribution in [-0.2, 0) is 15.7 Å². The molecule has 3 rings (SSSR count). The van der Waals surface area contributed by atoms with E-state index in [4.69, 9.17) is 4.74 Å². The Kier molecular flexibility index (Phi) is 7.16. The molecule has 1 N–H and O–H groups in total. The Morgan fingerprint density at radius 3 is 2.14 bits per heavy atom. The van der Waals surface area contributed by atoms with Gasteiger partial charge in [-0.2, -0.15) is 13.2 Å². The van der Waals surface area contributed by atoms with Crippen molar-refractivity contribution in [1.29, 1.82) is 0 Å². The van der Waals surface area contributed by atoms with E-state index in [9.17, 15) is 22.8 Å². The monoisotopic (exact) mass is 412 g/mol. The van der Waals surface area contributed by atoms with Gasteiger partial charge in [-0.25, -0.2) is 0 Å². The number of ether oxygens (including phenoxy) is 1. The highest BCUT2D eigenvalue weighted by Crippen LogP contribution is 2.29. The summed E-state index contributed by atoms with van der Waals surface area (Å²) in [6.07, 6.45) is 3.63. The third-order valence-electron chi connectivity index (χ3n) is 5.61. The molecule has 160 valence electrons. The third kappa shape index (κ3) is 6.19. The van der Waals surface area contributed by atoms with Crippen LogP contribution in [0.4, 0.5) is 13.2 Å². The third-order valence-corrected chi connectivity index (χ3v) is 5.61. The van der Waals surface area contributed by atoms with Crippen LogP contribution in [0.3, 0.4) is 0 Å². The average molecular weight is 412 g/mol. The van der Waals surface area contributed by atoms with Crippen LogP contribution in [-0.4, -0.2) is 48.6 Å². The summed E-state index contributed by atoms with van der Waals surface area (Å²) in [5, 5.41) is 2.49. The summed E-state index contributed by atoms with van der Waals surface area (Å²) in [6, 6.07) is 3.93. The maximum Gasteiger partial charge on any atom is 0.416 e. The number of hydrogen-bond acceptors (Lipinski definition) is 3. The molecule has 8 heteroatoms. The zero-order chi connectivity index (χ0) is 20.9. The molecule has 0 bridgehead atoms. The van der Waals surface area contributed by atoms with Crippen LogP contribution < -0.4 is 5.32 Å². The summed E-state index contributed by atoms with van der Waals surface area (Å²) >= 11 is 0. The van der Waals surface area contributed by atoms with Gasteiger partial charge in [0.2, 0.25) is 5.91 Å². The zero-order valence-corrected chi connectivity index (χ0v) is 16.3. The number of hydrogen-bond donors (Lipinski definition) is 1. The van der Waals surface area contributed by atoms with Crippen molar-refractivity contribution in [3.05, 3.63) is 35.4 Å². The largest absolute Gasteiger partial charge is 0.416 e. The predicted octanol–water partition coefficient (Wildman–Crippen LogP) is 3.78. The van der Waals surface area contributed by atoms with E-state index in [1.54, 1.807) is 4.90 Å². The van der Waals surface area contributed by atoms with Gasteiger partial charge in [0.25, 0.3) is 5.91 Å². The van der Waals surface area contributed by atoms with Crippen molar-refractivity contribution < 1.29 is 27.5 Å². The van der Waals surface area contributed by atoms with Gasteiger partial charge in [-0.1, -0.05) is 19.3 Å². The fourth-order valence-corrected chi connectivity index (χ4v) is 3.90. The Labute approximate surface area is 168 Å². The minimum Gasteiger partial charge on any atom is -0.375 e.